The second-order valence-corrected chi connectivity index (χ2v) is 9.14. The minimum Gasteiger partial charge on any atom is -0.347 e. The number of nitrogens with zero attached hydrogens (tertiary/aromatic N) is 7. The highest BCUT2D eigenvalue weighted by Gasteiger charge is 2.35. The number of anilines is 1. The molecule has 1 N–H and O–H groups in total. The van der Waals surface area contributed by atoms with E-state index < -0.39 is 19.1 Å². The van der Waals surface area contributed by atoms with Gasteiger partial charge in [-0.2, -0.15) is 0 Å². The van der Waals surface area contributed by atoms with Crippen molar-refractivity contribution in [1.82, 2.24) is 34.5 Å². The highest BCUT2D eigenvalue weighted by Crippen LogP contribution is 2.30. The van der Waals surface area contributed by atoms with Gasteiger partial charge in [-0.3, -0.25) is 4.90 Å². The zero-order valence-corrected chi connectivity index (χ0v) is 18.5. The average molecular weight is 471 g/mol. The molecular formula is C23H25F3N8. The lowest BCUT2D eigenvalue weighted by Crippen LogP contribution is -2.53. The van der Waals surface area contributed by atoms with Gasteiger partial charge in [0.1, 0.15) is 18.2 Å². The molecule has 1 saturated heterocycles. The summed E-state index contributed by atoms with van der Waals surface area (Å²) in [7, 11) is 0. The molecule has 0 bridgehead atoms. The number of benzene rings is 1. The minimum atomic E-state index is -2.52. The van der Waals surface area contributed by atoms with Crippen molar-refractivity contribution in [3.05, 3.63) is 36.7 Å². The van der Waals surface area contributed by atoms with E-state index in [1.54, 1.807) is 22.8 Å². The van der Waals surface area contributed by atoms with Gasteiger partial charge >= 0.3 is 0 Å². The molecule has 0 spiro atoms. The van der Waals surface area contributed by atoms with Crippen molar-refractivity contribution in [1.29, 1.82) is 0 Å². The van der Waals surface area contributed by atoms with E-state index in [1.807, 2.05) is 18.3 Å². The molecule has 3 aromatic heterocycles. The third-order valence-electron chi connectivity index (χ3n) is 7.03. The van der Waals surface area contributed by atoms with Crippen molar-refractivity contribution in [2.75, 3.05) is 18.4 Å². The Labute approximate surface area is 193 Å². The fourth-order valence-corrected chi connectivity index (χ4v) is 4.95. The molecule has 1 aliphatic carbocycles. The van der Waals surface area contributed by atoms with Crippen LogP contribution in [0.4, 0.5) is 19.1 Å². The smallest absolute Gasteiger partial charge is 0.258 e. The topological polar surface area (TPSA) is 76.2 Å². The van der Waals surface area contributed by atoms with Crippen LogP contribution in [0, 0.1) is 0 Å². The van der Waals surface area contributed by atoms with Crippen LogP contribution in [0.5, 0.6) is 0 Å². The lowest BCUT2D eigenvalue weighted by Gasteiger charge is -2.43. The van der Waals surface area contributed by atoms with Gasteiger partial charge < -0.3 is 5.32 Å². The Balaban J connectivity index is 1.22. The highest BCUT2D eigenvalue weighted by molar-refractivity contribution is 5.87. The monoisotopic (exact) mass is 470 g/mol. The Morgan fingerprint density at radius 3 is 2.76 bits per heavy atom. The van der Waals surface area contributed by atoms with Crippen molar-refractivity contribution < 1.29 is 13.2 Å². The summed E-state index contributed by atoms with van der Waals surface area (Å²) in [5, 5.41) is 15.5. The third kappa shape index (κ3) is 3.87. The normalized spacial score (nSPS) is 22.0. The lowest BCUT2D eigenvalue weighted by atomic mass is 9.89. The molecule has 2 aliphatic rings. The predicted octanol–water partition coefficient (Wildman–Crippen LogP) is 3.78. The molecule has 2 atom stereocenters. The molecule has 178 valence electrons. The van der Waals surface area contributed by atoms with Gasteiger partial charge in [0.05, 0.1) is 23.3 Å². The number of halogens is 3. The Morgan fingerprint density at radius 2 is 2.00 bits per heavy atom. The molecule has 0 radical (unpaired) electrons. The summed E-state index contributed by atoms with van der Waals surface area (Å²) in [6.45, 7) is 0.833. The summed E-state index contributed by atoms with van der Waals surface area (Å²) in [5.41, 5.74) is 3.53. The first-order valence-corrected chi connectivity index (χ1v) is 11.7. The van der Waals surface area contributed by atoms with E-state index in [4.69, 9.17) is 0 Å². The fraction of sp³-hybridized carbons (Fsp3) is 0.478. The van der Waals surface area contributed by atoms with Gasteiger partial charge in [-0.25, -0.2) is 27.4 Å². The number of piperidine rings is 1. The molecule has 11 heteroatoms. The van der Waals surface area contributed by atoms with Crippen LogP contribution in [0.2, 0.25) is 0 Å². The van der Waals surface area contributed by atoms with Gasteiger partial charge in [0.25, 0.3) is 6.43 Å². The molecule has 4 heterocycles. The molecule has 1 aliphatic heterocycles. The van der Waals surface area contributed by atoms with Crippen LogP contribution in [0.15, 0.2) is 36.7 Å². The average Bonchev–Trinajstić information content (AvgIpc) is 3.37. The van der Waals surface area contributed by atoms with Crippen molar-refractivity contribution in [3.63, 3.8) is 0 Å². The number of rotatable bonds is 6. The zero-order valence-electron chi connectivity index (χ0n) is 18.5. The lowest BCUT2D eigenvalue weighted by molar-refractivity contribution is 0.0552. The molecule has 0 amide bonds. The summed E-state index contributed by atoms with van der Waals surface area (Å²) >= 11 is 0. The van der Waals surface area contributed by atoms with E-state index in [2.05, 4.69) is 30.6 Å². The van der Waals surface area contributed by atoms with E-state index in [-0.39, 0.29) is 6.04 Å². The molecule has 2 fully saturated rings. The summed E-state index contributed by atoms with van der Waals surface area (Å²) in [4.78, 5) is 6.70. The molecule has 2 unspecified atom stereocenters. The Hall–Kier alpha value is -3.21. The van der Waals surface area contributed by atoms with Gasteiger partial charge in [-0.1, -0.05) is 17.7 Å². The Bertz CT molecular complexity index is 1310. The Morgan fingerprint density at radius 1 is 1.12 bits per heavy atom. The standard InChI is InChI=1S/C23H25F3N8/c24-17-12-32(15-2-1-3-15)8-7-18(17)28-23-27-11-21-16(6-9-33(21)30-23)14-4-5-19-20(10-14)34(31-29-19)13-22(25)26/h4-6,9-11,15,17-18,22H,1-3,7-8,12-13H2,(H,28,30). The number of nitrogens with one attached hydrogen (secondary N) is 1. The number of aromatic nitrogens is 6. The van der Waals surface area contributed by atoms with Gasteiger partial charge in [0.15, 0.2) is 0 Å². The summed E-state index contributed by atoms with van der Waals surface area (Å²) in [6, 6.07) is 7.56. The van der Waals surface area contributed by atoms with E-state index in [0.717, 1.165) is 29.6 Å². The molecule has 6 rings (SSSR count). The van der Waals surface area contributed by atoms with E-state index >= 15 is 0 Å². The minimum absolute atomic E-state index is 0.311. The molecule has 4 aromatic rings. The first-order valence-electron chi connectivity index (χ1n) is 11.7. The van der Waals surface area contributed by atoms with Gasteiger partial charge in [-0.15, -0.1) is 10.2 Å². The zero-order chi connectivity index (χ0) is 23.2. The predicted molar refractivity (Wildman–Crippen MR) is 122 cm³/mol. The van der Waals surface area contributed by atoms with Crippen LogP contribution >= 0.6 is 0 Å². The summed E-state index contributed by atoms with van der Waals surface area (Å²) in [5.74, 6) is 0.383. The number of likely N-dealkylation sites (tertiary alicyclic amines) is 1. The van der Waals surface area contributed by atoms with Crippen LogP contribution in [0.25, 0.3) is 27.7 Å². The molecule has 34 heavy (non-hydrogen) atoms. The summed E-state index contributed by atoms with van der Waals surface area (Å²) < 4.78 is 43.5. The summed E-state index contributed by atoms with van der Waals surface area (Å²) in [6.07, 6.45) is 4.34. The largest absolute Gasteiger partial charge is 0.347 e. The maximum atomic E-state index is 14.8. The third-order valence-corrected chi connectivity index (χ3v) is 7.03. The highest BCUT2D eigenvalue weighted by atomic mass is 19.3. The number of alkyl halides is 3. The first kappa shape index (κ1) is 21.3. The number of fused-ring (bicyclic) bond motifs is 2. The van der Waals surface area contributed by atoms with Gasteiger partial charge in [0.2, 0.25) is 5.95 Å². The van der Waals surface area contributed by atoms with E-state index in [9.17, 15) is 13.2 Å². The number of hydrogen-bond donors (Lipinski definition) is 1. The van der Waals surface area contributed by atoms with Crippen LogP contribution in [0.1, 0.15) is 25.7 Å². The molecule has 8 nitrogen and oxygen atoms in total. The first-order chi connectivity index (χ1) is 16.5. The second kappa shape index (κ2) is 8.53. The quantitative estimate of drug-likeness (QED) is 0.462. The van der Waals surface area contributed by atoms with Crippen LogP contribution < -0.4 is 5.32 Å². The maximum Gasteiger partial charge on any atom is 0.258 e. The van der Waals surface area contributed by atoms with E-state index in [0.29, 0.717) is 29.6 Å². The fourth-order valence-electron chi connectivity index (χ4n) is 4.95. The number of hydrogen-bond acceptors (Lipinski definition) is 6. The molecule has 1 saturated carbocycles. The Kier molecular flexibility index (Phi) is 5.35. The molecular weight excluding hydrogens is 445 g/mol. The maximum absolute atomic E-state index is 14.8. The van der Waals surface area contributed by atoms with Gasteiger partial charge in [0, 0.05) is 30.9 Å². The molecule has 1 aromatic carbocycles. The second-order valence-electron chi connectivity index (χ2n) is 9.14. The van der Waals surface area contributed by atoms with Crippen molar-refractivity contribution in [2.24, 2.45) is 0 Å². The van der Waals surface area contributed by atoms with Crippen LogP contribution in [0.3, 0.4) is 0 Å². The van der Waals surface area contributed by atoms with E-state index in [1.165, 1.54) is 23.9 Å². The van der Waals surface area contributed by atoms with Crippen molar-refractivity contribution in [3.8, 4) is 11.1 Å². The van der Waals surface area contributed by atoms with Gasteiger partial charge in [-0.05, 0) is 43.0 Å². The van der Waals surface area contributed by atoms with Crippen molar-refractivity contribution >= 4 is 22.5 Å². The van der Waals surface area contributed by atoms with Crippen molar-refractivity contribution in [2.45, 2.75) is 56.9 Å². The SMILES string of the molecule is FC(F)Cn1nnc2ccc(-c3ccn4nc(NC5CCN(C6CCC6)CC5F)ncc34)cc21. The van der Waals surface area contributed by atoms with Crippen LogP contribution in [-0.4, -0.2) is 72.3 Å². The van der Waals surface area contributed by atoms with Crippen LogP contribution in [-0.2, 0) is 6.54 Å².